The molecule has 0 unspecified atom stereocenters. The van der Waals surface area contributed by atoms with Crippen LogP contribution in [0.1, 0.15) is 0 Å². The summed E-state index contributed by atoms with van der Waals surface area (Å²) in [5.74, 6) is 0. The molecule has 12 aromatic rings. The summed E-state index contributed by atoms with van der Waals surface area (Å²) in [5.41, 5.74) is 11.9. The molecule has 0 aliphatic carbocycles. The molecule has 0 N–H and O–H groups in total. The van der Waals surface area contributed by atoms with Crippen LogP contribution >= 0.6 is 11.3 Å². The first-order valence-electron chi connectivity index (χ1n) is 18.5. The summed E-state index contributed by atoms with van der Waals surface area (Å²) >= 11 is 1.88. The van der Waals surface area contributed by atoms with Crippen molar-refractivity contribution < 1.29 is 0 Å². The summed E-state index contributed by atoms with van der Waals surface area (Å²) in [6.45, 7) is 0. The van der Waals surface area contributed by atoms with Gasteiger partial charge in [-0.1, -0.05) is 127 Å². The lowest BCUT2D eigenvalue weighted by molar-refractivity contribution is 1.16. The van der Waals surface area contributed by atoms with E-state index in [9.17, 15) is 0 Å². The number of rotatable bonds is 4. The SMILES string of the molecule is c1ccc(-n2c3ccccc3c3ccccc32)c(-c2ccccc2-n2c3ccccc3c3cc(-n4c5ccccc5c5c6ccccc6sc54)ccc32)c1. The molecule has 252 valence electrons. The van der Waals surface area contributed by atoms with Gasteiger partial charge in [0.25, 0.3) is 0 Å². The number of hydrogen-bond donors (Lipinski definition) is 0. The number of aromatic nitrogens is 3. The second-order valence-corrected chi connectivity index (χ2v) is 15.1. The first kappa shape index (κ1) is 29.7. The Bertz CT molecular complexity index is 3410. The Morgan fingerprint density at radius 2 is 0.741 bits per heavy atom. The largest absolute Gasteiger partial charge is 0.309 e. The minimum atomic E-state index is 1.16. The Hall–Kier alpha value is -6.88. The number of para-hydroxylation sites is 6. The summed E-state index contributed by atoms with van der Waals surface area (Å²) in [7, 11) is 0. The van der Waals surface area contributed by atoms with Crippen molar-refractivity contribution in [3.63, 3.8) is 0 Å². The van der Waals surface area contributed by atoms with Crippen molar-refractivity contribution in [2.24, 2.45) is 0 Å². The van der Waals surface area contributed by atoms with E-state index in [-0.39, 0.29) is 0 Å². The van der Waals surface area contributed by atoms with Gasteiger partial charge in [0.05, 0.1) is 39.0 Å². The van der Waals surface area contributed by atoms with Crippen LogP contribution in [0.3, 0.4) is 0 Å². The van der Waals surface area contributed by atoms with Crippen LogP contribution < -0.4 is 0 Å². The zero-order valence-electron chi connectivity index (χ0n) is 29.1. The highest BCUT2D eigenvalue weighted by Gasteiger charge is 2.22. The maximum absolute atomic E-state index is 2.47. The van der Waals surface area contributed by atoms with Crippen molar-refractivity contribution in [3.05, 3.63) is 188 Å². The highest BCUT2D eigenvalue weighted by molar-refractivity contribution is 7.25. The molecule has 4 heterocycles. The smallest absolute Gasteiger partial charge is 0.109 e. The van der Waals surface area contributed by atoms with Gasteiger partial charge in [-0.05, 0) is 60.7 Å². The van der Waals surface area contributed by atoms with Crippen LogP contribution in [0.2, 0.25) is 0 Å². The monoisotopic (exact) mass is 705 g/mol. The van der Waals surface area contributed by atoms with Gasteiger partial charge in [-0.3, -0.25) is 0 Å². The molecular weight excluding hydrogens is 675 g/mol. The molecule has 8 aromatic carbocycles. The Morgan fingerprint density at radius 1 is 0.315 bits per heavy atom. The third-order valence-electron chi connectivity index (χ3n) is 11.3. The molecule has 0 saturated carbocycles. The second-order valence-electron chi connectivity index (χ2n) is 14.1. The number of hydrogen-bond acceptors (Lipinski definition) is 1. The third-order valence-corrected chi connectivity index (χ3v) is 12.4. The van der Waals surface area contributed by atoms with Gasteiger partial charge in [0.1, 0.15) is 4.83 Å². The molecule has 0 radical (unpaired) electrons. The summed E-state index contributed by atoms with van der Waals surface area (Å²) < 4.78 is 8.69. The average molecular weight is 706 g/mol. The molecule has 0 amide bonds. The molecule has 0 fully saturated rings. The van der Waals surface area contributed by atoms with Crippen molar-refractivity contribution in [1.29, 1.82) is 0 Å². The topological polar surface area (TPSA) is 14.8 Å². The van der Waals surface area contributed by atoms with Gasteiger partial charge < -0.3 is 13.7 Å². The van der Waals surface area contributed by atoms with Crippen LogP contribution in [0.25, 0.3) is 103 Å². The van der Waals surface area contributed by atoms with Crippen molar-refractivity contribution in [1.82, 2.24) is 13.7 Å². The van der Waals surface area contributed by atoms with Crippen LogP contribution in [-0.4, -0.2) is 13.7 Å². The fourth-order valence-electron chi connectivity index (χ4n) is 9.03. The van der Waals surface area contributed by atoms with Gasteiger partial charge in [0, 0.05) is 59.2 Å². The summed E-state index contributed by atoms with van der Waals surface area (Å²) in [6, 6.07) is 68.8. The van der Waals surface area contributed by atoms with Crippen LogP contribution in [0.5, 0.6) is 0 Å². The first-order chi connectivity index (χ1) is 26.8. The molecule has 4 aromatic heterocycles. The lowest BCUT2D eigenvalue weighted by atomic mass is 10.0. The van der Waals surface area contributed by atoms with Gasteiger partial charge in [-0.15, -0.1) is 11.3 Å². The number of nitrogens with zero attached hydrogens (tertiary/aromatic N) is 3. The van der Waals surface area contributed by atoms with Crippen molar-refractivity contribution in [2.45, 2.75) is 0 Å². The Kier molecular flexibility index (Phi) is 6.21. The molecule has 3 nitrogen and oxygen atoms in total. The molecule has 0 saturated heterocycles. The van der Waals surface area contributed by atoms with Crippen LogP contribution in [0.4, 0.5) is 0 Å². The lowest BCUT2D eigenvalue weighted by Crippen LogP contribution is -2.01. The minimum absolute atomic E-state index is 1.16. The van der Waals surface area contributed by atoms with Gasteiger partial charge >= 0.3 is 0 Å². The number of thiophene rings is 1. The minimum Gasteiger partial charge on any atom is -0.309 e. The zero-order chi connectivity index (χ0) is 35.3. The van der Waals surface area contributed by atoms with Gasteiger partial charge in [-0.2, -0.15) is 0 Å². The fraction of sp³-hybridized carbons (Fsp3) is 0. The van der Waals surface area contributed by atoms with E-state index >= 15 is 0 Å². The maximum atomic E-state index is 2.47. The van der Waals surface area contributed by atoms with Crippen molar-refractivity contribution >= 4 is 86.2 Å². The standard InChI is InChI=1S/C50H31N3S/c1-8-22-41-33(15-1)34-16-2-9-23-42(34)52(41)43-24-10-3-17-35(43)36-18-4-11-25-44(36)53-45-26-12-5-19-37(45)40-31-32(29-30-47(40)53)51-46-27-13-6-20-38(46)49-39-21-7-14-28-48(39)54-50(49)51/h1-31H. The first-order valence-corrected chi connectivity index (χ1v) is 19.3. The van der Waals surface area contributed by atoms with Crippen LogP contribution in [0, 0.1) is 0 Å². The zero-order valence-corrected chi connectivity index (χ0v) is 30.0. The second kappa shape index (κ2) is 11.3. The summed E-state index contributed by atoms with van der Waals surface area (Å²) in [4.78, 5) is 1.28. The van der Waals surface area contributed by atoms with Gasteiger partial charge in [0.15, 0.2) is 0 Å². The maximum Gasteiger partial charge on any atom is 0.109 e. The number of benzene rings is 8. The Balaban J connectivity index is 1.11. The molecule has 12 rings (SSSR count). The molecule has 54 heavy (non-hydrogen) atoms. The van der Waals surface area contributed by atoms with E-state index < -0.39 is 0 Å². The van der Waals surface area contributed by atoms with Crippen LogP contribution in [0.15, 0.2) is 188 Å². The molecule has 0 atom stereocenters. The molecule has 0 spiro atoms. The highest BCUT2D eigenvalue weighted by Crippen LogP contribution is 2.44. The molecule has 4 heteroatoms. The van der Waals surface area contributed by atoms with Crippen molar-refractivity contribution in [3.8, 4) is 28.2 Å². The van der Waals surface area contributed by atoms with Gasteiger partial charge in [0.2, 0.25) is 0 Å². The van der Waals surface area contributed by atoms with E-state index in [4.69, 9.17) is 0 Å². The quantitative estimate of drug-likeness (QED) is 0.173. The van der Waals surface area contributed by atoms with Crippen LogP contribution in [-0.2, 0) is 0 Å². The van der Waals surface area contributed by atoms with Gasteiger partial charge in [-0.25, -0.2) is 0 Å². The molecule has 0 aliphatic heterocycles. The average Bonchev–Trinajstić information content (AvgIpc) is 3.96. The fourth-order valence-corrected chi connectivity index (χ4v) is 10.3. The van der Waals surface area contributed by atoms with E-state index in [1.165, 1.54) is 91.6 Å². The Labute approximate surface area is 314 Å². The lowest BCUT2D eigenvalue weighted by Gasteiger charge is -2.18. The van der Waals surface area contributed by atoms with Crippen molar-refractivity contribution in [2.75, 3.05) is 0 Å². The van der Waals surface area contributed by atoms with E-state index in [1.54, 1.807) is 0 Å². The van der Waals surface area contributed by atoms with E-state index in [0.717, 1.165) is 11.4 Å². The normalized spacial score (nSPS) is 12.1. The molecule has 0 bridgehead atoms. The van der Waals surface area contributed by atoms with E-state index in [0.29, 0.717) is 0 Å². The Morgan fingerprint density at radius 3 is 1.33 bits per heavy atom. The summed E-state index contributed by atoms with van der Waals surface area (Å²) in [6.07, 6.45) is 0. The molecular formula is C50H31N3S. The number of fused-ring (bicyclic) bond motifs is 11. The summed E-state index contributed by atoms with van der Waals surface area (Å²) in [5, 5.41) is 8.95. The predicted octanol–water partition coefficient (Wildman–Crippen LogP) is 13.9. The third kappa shape index (κ3) is 4.06. The predicted molar refractivity (Wildman–Crippen MR) is 230 cm³/mol. The van der Waals surface area contributed by atoms with E-state index in [2.05, 4.69) is 202 Å². The molecule has 0 aliphatic rings. The van der Waals surface area contributed by atoms with E-state index in [1.807, 2.05) is 11.3 Å². The highest BCUT2D eigenvalue weighted by atomic mass is 32.1.